The fraction of sp³-hybridized carbons (Fsp3) is 0.818. The molecule has 5 aliphatic rings. The molecule has 9 atom stereocenters. The molecular weight excluding hydrogens is 392 g/mol. The van der Waals surface area contributed by atoms with Gasteiger partial charge in [0.25, 0.3) is 0 Å². The maximum absolute atomic E-state index is 13.0. The largest absolute Gasteiger partial charge is 0.468 e. The molecule has 0 aromatic rings. The van der Waals surface area contributed by atoms with E-state index in [1.807, 2.05) is 6.92 Å². The molecule has 166 valence electrons. The Hall–Kier alpha value is -1.48. The maximum Gasteiger partial charge on any atom is 0.333 e. The summed E-state index contributed by atoms with van der Waals surface area (Å²) in [5, 5.41) is 22.2. The molecule has 0 aromatic carbocycles. The Bertz CT molecular complexity index is 809. The molecule has 1 saturated heterocycles. The summed E-state index contributed by atoms with van der Waals surface area (Å²) in [6, 6.07) is 0. The van der Waals surface area contributed by atoms with E-state index in [1.165, 1.54) is 13.2 Å². The van der Waals surface area contributed by atoms with Gasteiger partial charge >= 0.3 is 11.9 Å². The number of aliphatic hydroxyl groups excluding tert-OH is 1. The first kappa shape index (κ1) is 20.4. The van der Waals surface area contributed by atoms with E-state index in [4.69, 9.17) is 18.9 Å². The number of esters is 2. The number of methoxy groups -OCH3 is 2. The van der Waals surface area contributed by atoms with Crippen LogP contribution in [0.1, 0.15) is 45.4 Å². The number of hydrogen-bond donors (Lipinski definition) is 2. The fourth-order valence-electron chi connectivity index (χ4n) is 7.98. The second-order valence-corrected chi connectivity index (χ2v) is 9.75. The predicted octanol–water partition coefficient (Wildman–Crippen LogP) is 1.49. The third kappa shape index (κ3) is 2.25. The van der Waals surface area contributed by atoms with Gasteiger partial charge in [0.05, 0.1) is 7.11 Å². The summed E-state index contributed by atoms with van der Waals surface area (Å²) in [5.41, 5.74) is -1.10. The zero-order chi connectivity index (χ0) is 21.5. The Morgan fingerprint density at radius 3 is 2.73 bits per heavy atom. The summed E-state index contributed by atoms with van der Waals surface area (Å²) in [6.45, 7) is 2.03. The van der Waals surface area contributed by atoms with Crippen molar-refractivity contribution in [3.05, 3.63) is 11.6 Å². The van der Waals surface area contributed by atoms with E-state index in [0.29, 0.717) is 18.4 Å². The Balaban J connectivity index is 1.65. The third-order valence-corrected chi connectivity index (χ3v) is 9.00. The van der Waals surface area contributed by atoms with E-state index in [1.54, 1.807) is 7.11 Å². The van der Waals surface area contributed by atoms with Crippen LogP contribution in [0.5, 0.6) is 0 Å². The third-order valence-electron chi connectivity index (χ3n) is 9.00. The number of fused-ring (bicyclic) bond motifs is 2. The van der Waals surface area contributed by atoms with E-state index < -0.39 is 41.1 Å². The number of carbonyl (C=O) groups is 2. The molecule has 3 saturated carbocycles. The Morgan fingerprint density at radius 2 is 2.03 bits per heavy atom. The Labute approximate surface area is 175 Å². The van der Waals surface area contributed by atoms with Gasteiger partial charge in [0.1, 0.15) is 5.41 Å². The first-order chi connectivity index (χ1) is 14.2. The van der Waals surface area contributed by atoms with Crippen molar-refractivity contribution in [2.45, 2.75) is 63.8 Å². The van der Waals surface area contributed by atoms with Crippen molar-refractivity contribution in [2.24, 2.45) is 34.5 Å². The smallest absolute Gasteiger partial charge is 0.333 e. The molecule has 0 aromatic heterocycles. The van der Waals surface area contributed by atoms with Gasteiger partial charge < -0.3 is 29.2 Å². The number of rotatable bonds is 2. The molecule has 2 bridgehead atoms. The highest BCUT2D eigenvalue weighted by Gasteiger charge is 2.74. The summed E-state index contributed by atoms with van der Waals surface area (Å²) < 4.78 is 22.3. The van der Waals surface area contributed by atoms with Gasteiger partial charge in [-0.25, -0.2) is 4.79 Å². The highest BCUT2D eigenvalue weighted by molar-refractivity contribution is 5.86. The normalized spacial score (nSPS) is 51.8. The van der Waals surface area contributed by atoms with Crippen LogP contribution in [-0.2, 0) is 28.5 Å². The van der Waals surface area contributed by atoms with Crippen LogP contribution in [0.4, 0.5) is 0 Å². The fourth-order valence-corrected chi connectivity index (χ4v) is 7.98. The highest BCUT2D eigenvalue weighted by atomic mass is 16.7. The van der Waals surface area contributed by atoms with Gasteiger partial charge in [0.15, 0.2) is 12.6 Å². The van der Waals surface area contributed by atoms with E-state index in [9.17, 15) is 19.8 Å². The number of hydrogen-bond acceptors (Lipinski definition) is 8. The molecule has 0 radical (unpaired) electrons. The lowest BCUT2D eigenvalue weighted by atomic mass is 9.40. The molecule has 30 heavy (non-hydrogen) atoms. The van der Waals surface area contributed by atoms with Crippen molar-refractivity contribution in [2.75, 3.05) is 14.2 Å². The van der Waals surface area contributed by atoms with Crippen molar-refractivity contribution in [1.29, 1.82) is 0 Å². The van der Waals surface area contributed by atoms with Crippen LogP contribution in [0.15, 0.2) is 11.6 Å². The topological polar surface area (TPSA) is 112 Å². The lowest BCUT2D eigenvalue weighted by Crippen LogP contribution is -2.72. The van der Waals surface area contributed by atoms with Crippen molar-refractivity contribution in [3.8, 4) is 0 Å². The Morgan fingerprint density at radius 1 is 1.27 bits per heavy atom. The van der Waals surface area contributed by atoms with E-state index in [0.717, 1.165) is 19.3 Å². The van der Waals surface area contributed by atoms with Gasteiger partial charge in [-0.15, -0.1) is 0 Å². The van der Waals surface area contributed by atoms with Crippen molar-refractivity contribution >= 4 is 11.9 Å². The SMILES string of the molecule is COC(=O)[C@]12CCCC3(C(OC)OC1O)[C@H]2CC[C@H]1[C@@H](C)C2=CC(=O)O[C@]2(O)C[C@@H]13. The van der Waals surface area contributed by atoms with Gasteiger partial charge in [0.2, 0.25) is 5.79 Å². The van der Waals surface area contributed by atoms with E-state index in [2.05, 4.69) is 0 Å². The average molecular weight is 422 g/mol. The van der Waals surface area contributed by atoms with Crippen LogP contribution in [0, 0.1) is 34.5 Å². The molecule has 8 nitrogen and oxygen atoms in total. The monoisotopic (exact) mass is 422 g/mol. The minimum atomic E-state index is -1.63. The van der Waals surface area contributed by atoms with Crippen molar-refractivity contribution in [3.63, 3.8) is 0 Å². The second kappa shape index (κ2) is 6.51. The molecular formula is C22H30O8. The first-order valence-electron chi connectivity index (χ1n) is 10.9. The van der Waals surface area contributed by atoms with Gasteiger partial charge in [0, 0.05) is 30.6 Å². The summed E-state index contributed by atoms with van der Waals surface area (Å²) in [4.78, 5) is 25.0. The molecule has 2 N–H and O–H groups in total. The minimum Gasteiger partial charge on any atom is -0.468 e. The van der Waals surface area contributed by atoms with Crippen LogP contribution >= 0.6 is 0 Å². The van der Waals surface area contributed by atoms with Gasteiger partial charge in [-0.05, 0) is 49.4 Å². The predicted molar refractivity (Wildman–Crippen MR) is 101 cm³/mol. The lowest BCUT2D eigenvalue weighted by Gasteiger charge is -2.68. The molecule has 0 spiro atoms. The highest BCUT2D eigenvalue weighted by Crippen LogP contribution is 2.71. The van der Waals surface area contributed by atoms with Crippen LogP contribution in [-0.4, -0.2) is 54.7 Å². The quantitative estimate of drug-likeness (QED) is 0.644. The molecule has 5 rings (SSSR count). The minimum absolute atomic E-state index is 0.0469. The molecule has 3 unspecified atom stereocenters. The zero-order valence-corrected chi connectivity index (χ0v) is 17.6. The van der Waals surface area contributed by atoms with Crippen molar-refractivity contribution < 1.29 is 38.7 Å². The lowest BCUT2D eigenvalue weighted by molar-refractivity contribution is -0.393. The van der Waals surface area contributed by atoms with E-state index in [-0.39, 0.29) is 30.1 Å². The van der Waals surface area contributed by atoms with Gasteiger partial charge in [-0.3, -0.25) is 4.79 Å². The van der Waals surface area contributed by atoms with E-state index >= 15 is 0 Å². The van der Waals surface area contributed by atoms with Crippen LogP contribution < -0.4 is 0 Å². The second-order valence-electron chi connectivity index (χ2n) is 9.75. The van der Waals surface area contributed by atoms with Crippen LogP contribution in [0.2, 0.25) is 0 Å². The van der Waals surface area contributed by atoms with Gasteiger partial charge in [-0.2, -0.15) is 0 Å². The molecule has 3 aliphatic carbocycles. The van der Waals surface area contributed by atoms with Crippen LogP contribution in [0.25, 0.3) is 0 Å². The molecule has 8 heteroatoms. The summed E-state index contributed by atoms with van der Waals surface area (Å²) in [6.07, 6.45) is 3.13. The zero-order valence-electron chi connectivity index (χ0n) is 17.6. The standard InChI is InChI=1S/C22H30O8/c1-11-12-5-6-15-20(14(12)10-22(26)13(11)9-16(23)30-22)7-4-8-21(15,17(24)27-2)18(25)29-19(20)28-3/h9,11-12,14-15,18-19,25-26H,4-8,10H2,1-3H3/t11-,12+,14+,15-,18?,19?,20?,21-,22-/m1/s1. The molecule has 2 aliphatic heterocycles. The van der Waals surface area contributed by atoms with Crippen molar-refractivity contribution in [1.82, 2.24) is 0 Å². The molecule has 0 amide bonds. The molecule has 2 heterocycles. The van der Waals surface area contributed by atoms with Crippen LogP contribution in [0.3, 0.4) is 0 Å². The number of aliphatic hydroxyl groups is 2. The molecule has 4 fully saturated rings. The maximum atomic E-state index is 13.0. The number of ether oxygens (including phenoxy) is 4. The summed E-state index contributed by atoms with van der Waals surface area (Å²) in [7, 11) is 2.89. The first-order valence-corrected chi connectivity index (χ1v) is 10.9. The average Bonchev–Trinajstić information content (AvgIpc) is 3.03. The van der Waals surface area contributed by atoms with Gasteiger partial charge in [-0.1, -0.05) is 13.3 Å². The number of carbonyl (C=O) groups excluding carboxylic acids is 2. The Kier molecular flexibility index (Phi) is 4.43. The summed E-state index contributed by atoms with van der Waals surface area (Å²) >= 11 is 0. The summed E-state index contributed by atoms with van der Waals surface area (Å²) in [5.74, 6) is -2.76.